The van der Waals surface area contributed by atoms with Crippen LogP contribution in [0.1, 0.15) is 24.9 Å². The van der Waals surface area contributed by atoms with Crippen LogP contribution in [0.3, 0.4) is 0 Å². The van der Waals surface area contributed by atoms with Gasteiger partial charge in [-0.15, -0.1) is 0 Å². The molecule has 1 unspecified atom stereocenters. The lowest BCUT2D eigenvalue weighted by Crippen LogP contribution is -2.47. The third-order valence-electron chi connectivity index (χ3n) is 2.98. The van der Waals surface area contributed by atoms with Crippen molar-refractivity contribution in [2.75, 3.05) is 13.7 Å². The van der Waals surface area contributed by atoms with Crippen LogP contribution in [-0.2, 0) is 4.79 Å². The molecule has 21 heavy (non-hydrogen) atoms. The highest BCUT2D eigenvalue weighted by Gasteiger charge is 2.21. The van der Waals surface area contributed by atoms with Crippen LogP contribution in [0.4, 0.5) is 4.79 Å². The molecule has 116 valence electrons. The number of hydrogen-bond acceptors (Lipinski definition) is 4. The van der Waals surface area contributed by atoms with Crippen molar-refractivity contribution in [3.05, 3.63) is 29.8 Å². The maximum atomic E-state index is 12.0. The van der Waals surface area contributed by atoms with E-state index < -0.39 is 18.0 Å². The van der Waals surface area contributed by atoms with E-state index >= 15 is 0 Å². The minimum absolute atomic E-state index is 0.0168. The molecule has 0 fully saturated rings. The van der Waals surface area contributed by atoms with E-state index in [-0.39, 0.29) is 19.1 Å². The van der Waals surface area contributed by atoms with Gasteiger partial charge in [-0.25, -0.2) is 4.79 Å². The molecule has 0 spiro atoms. The number of nitrogens with one attached hydrogen (secondary N) is 2. The van der Waals surface area contributed by atoms with Crippen LogP contribution in [0.5, 0.6) is 5.75 Å². The molecule has 0 aliphatic carbocycles. The zero-order chi connectivity index (χ0) is 15.8. The third kappa shape index (κ3) is 5.31. The van der Waals surface area contributed by atoms with Crippen LogP contribution in [0.25, 0.3) is 0 Å². The second-order valence-electron chi connectivity index (χ2n) is 4.52. The lowest BCUT2D eigenvalue weighted by atomic mass is 10.1. The summed E-state index contributed by atoms with van der Waals surface area (Å²) < 4.78 is 5.11. The van der Waals surface area contributed by atoms with Crippen LogP contribution in [0, 0.1) is 0 Å². The van der Waals surface area contributed by atoms with Crippen LogP contribution in [0.15, 0.2) is 24.3 Å². The topological polar surface area (TPSA) is 108 Å². The van der Waals surface area contributed by atoms with Gasteiger partial charge >= 0.3 is 6.09 Å². The molecular weight excluding hydrogens is 276 g/mol. The Labute approximate surface area is 122 Å². The van der Waals surface area contributed by atoms with E-state index in [0.717, 1.165) is 5.56 Å². The number of aliphatic hydroxyl groups excluding tert-OH is 1. The van der Waals surface area contributed by atoms with Gasteiger partial charge in [0.1, 0.15) is 11.8 Å². The molecule has 2 atom stereocenters. The van der Waals surface area contributed by atoms with Crippen molar-refractivity contribution < 1.29 is 24.5 Å². The van der Waals surface area contributed by atoms with Crippen LogP contribution < -0.4 is 15.4 Å². The molecule has 0 aromatic heterocycles. The predicted octanol–water partition coefficient (Wildman–Crippen LogP) is 0.891. The highest BCUT2D eigenvalue weighted by Crippen LogP contribution is 2.18. The number of carbonyl (C=O) groups excluding carboxylic acids is 1. The summed E-state index contributed by atoms with van der Waals surface area (Å²) in [5, 5.41) is 22.4. The van der Waals surface area contributed by atoms with Crippen molar-refractivity contribution in [2.24, 2.45) is 0 Å². The molecule has 0 radical (unpaired) electrons. The number of ether oxygens (including phenoxy) is 1. The van der Waals surface area contributed by atoms with E-state index in [1.165, 1.54) is 0 Å². The first-order chi connectivity index (χ1) is 9.97. The number of amides is 2. The van der Waals surface area contributed by atoms with Gasteiger partial charge in [0.25, 0.3) is 0 Å². The van der Waals surface area contributed by atoms with Gasteiger partial charge in [-0.3, -0.25) is 4.79 Å². The zero-order valence-electron chi connectivity index (χ0n) is 12.0. The summed E-state index contributed by atoms with van der Waals surface area (Å²) in [5.41, 5.74) is 0.834. The minimum atomic E-state index is -1.31. The Kier molecular flexibility index (Phi) is 6.48. The molecule has 2 amide bonds. The van der Waals surface area contributed by atoms with Gasteiger partial charge in [-0.2, -0.15) is 0 Å². The first-order valence-corrected chi connectivity index (χ1v) is 6.52. The Hall–Kier alpha value is -2.28. The Morgan fingerprint density at radius 1 is 1.33 bits per heavy atom. The Balaban J connectivity index is 2.72. The molecule has 1 aromatic rings. The molecule has 0 aliphatic heterocycles. The number of methoxy groups -OCH3 is 1. The van der Waals surface area contributed by atoms with E-state index in [1.807, 2.05) is 6.07 Å². The molecule has 4 N–H and O–H groups in total. The van der Waals surface area contributed by atoms with Crippen molar-refractivity contribution in [1.82, 2.24) is 10.6 Å². The lowest BCUT2D eigenvalue weighted by molar-refractivity contribution is -0.124. The van der Waals surface area contributed by atoms with Crippen molar-refractivity contribution in [1.29, 1.82) is 0 Å². The quantitative estimate of drug-likeness (QED) is 0.597. The molecule has 7 heteroatoms. The standard InChI is InChI=1S/C14H20N2O5/c1-9(10-4-3-5-11(8-10)21-2)15-13(18)12(6-7-17)16-14(19)20/h3-5,8-9,12,16-17H,6-7H2,1-2H3,(H,15,18)(H,19,20)/t9-,12?/m1/s1. The fourth-order valence-electron chi connectivity index (χ4n) is 1.86. The molecule has 0 aliphatic rings. The van der Waals surface area contributed by atoms with Crippen LogP contribution in [0.2, 0.25) is 0 Å². The first kappa shape index (κ1) is 16.8. The van der Waals surface area contributed by atoms with Gasteiger partial charge in [0.15, 0.2) is 0 Å². The Morgan fingerprint density at radius 2 is 2.05 bits per heavy atom. The molecule has 0 bridgehead atoms. The molecule has 1 aromatic carbocycles. The smallest absolute Gasteiger partial charge is 0.405 e. The molecule has 0 saturated heterocycles. The zero-order valence-corrected chi connectivity index (χ0v) is 12.0. The predicted molar refractivity (Wildman–Crippen MR) is 76.2 cm³/mol. The Bertz CT molecular complexity index is 492. The normalized spacial score (nSPS) is 13.1. The van der Waals surface area contributed by atoms with E-state index in [0.29, 0.717) is 5.75 Å². The maximum Gasteiger partial charge on any atom is 0.405 e. The number of aliphatic hydroxyl groups is 1. The third-order valence-corrected chi connectivity index (χ3v) is 2.98. The van der Waals surface area contributed by atoms with Crippen LogP contribution >= 0.6 is 0 Å². The summed E-state index contributed by atoms with van der Waals surface area (Å²) in [7, 11) is 1.55. The summed E-state index contributed by atoms with van der Waals surface area (Å²) in [4.78, 5) is 22.7. The summed E-state index contributed by atoms with van der Waals surface area (Å²) >= 11 is 0. The second kappa shape index (κ2) is 8.11. The number of carboxylic acid groups (broad SMARTS) is 1. The first-order valence-electron chi connectivity index (χ1n) is 6.52. The summed E-state index contributed by atoms with van der Waals surface area (Å²) in [6, 6.07) is 5.91. The maximum absolute atomic E-state index is 12.0. The number of rotatable bonds is 7. The molecule has 0 saturated carbocycles. The fourth-order valence-corrected chi connectivity index (χ4v) is 1.86. The van der Waals surface area contributed by atoms with Gasteiger partial charge in [0, 0.05) is 6.61 Å². The molecule has 0 heterocycles. The van der Waals surface area contributed by atoms with Crippen molar-refractivity contribution >= 4 is 12.0 Å². The molecular formula is C14H20N2O5. The van der Waals surface area contributed by atoms with Gasteiger partial charge < -0.3 is 25.6 Å². The van der Waals surface area contributed by atoms with E-state index in [9.17, 15) is 9.59 Å². The number of hydrogen-bond donors (Lipinski definition) is 4. The van der Waals surface area contributed by atoms with Crippen LogP contribution in [-0.4, -0.2) is 42.0 Å². The molecule has 1 rings (SSSR count). The summed E-state index contributed by atoms with van der Waals surface area (Å²) in [6.45, 7) is 1.50. The Morgan fingerprint density at radius 3 is 2.62 bits per heavy atom. The number of benzene rings is 1. The highest BCUT2D eigenvalue weighted by atomic mass is 16.5. The minimum Gasteiger partial charge on any atom is -0.497 e. The van der Waals surface area contributed by atoms with E-state index in [1.54, 1.807) is 32.2 Å². The van der Waals surface area contributed by atoms with Crippen molar-refractivity contribution in [3.8, 4) is 5.75 Å². The second-order valence-corrected chi connectivity index (χ2v) is 4.52. The highest BCUT2D eigenvalue weighted by molar-refractivity contribution is 5.85. The van der Waals surface area contributed by atoms with Gasteiger partial charge in [0.2, 0.25) is 5.91 Å². The average molecular weight is 296 g/mol. The van der Waals surface area contributed by atoms with Gasteiger partial charge in [-0.05, 0) is 31.0 Å². The SMILES string of the molecule is COc1cccc([C@@H](C)NC(=O)C(CCO)NC(=O)O)c1. The monoisotopic (exact) mass is 296 g/mol. The average Bonchev–Trinajstić information content (AvgIpc) is 2.46. The fraction of sp³-hybridized carbons (Fsp3) is 0.429. The van der Waals surface area contributed by atoms with Crippen molar-refractivity contribution in [3.63, 3.8) is 0 Å². The van der Waals surface area contributed by atoms with Crippen molar-refractivity contribution in [2.45, 2.75) is 25.4 Å². The number of carbonyl (C=O) groups is 2. The summed E-state index contributed by atoms with van der Waals surface area (Å²) in [6.07, 6.45) is -1.29. The largest absolute Gasteiger partial charge is 0.497 e. The van der Waals surface area contributed by atoms with Gasteiger partial charge in [-0.1, -0.05) is 12.1 Å². The van der Waals surface area contributed by atoms with E-state index in [2.05, 4.69) is 10.6 Å². The molecule has 7 nitrogen and oxygen atoms in total. The van der Waals surface area contributed by atoms with E-state index in [4.69, 9.17) is 14.9 Å². The lowest BCUT2D eigenvalue weighted by Gasteiger charge is -2.20. The summed E-state index contributed by atoms with van der Waals surface area (Å²) in [5.74, 6) is 0.186. The van der Waals surface area contributed by atoms with Gasteiger partial charge in [0.05, 0.1) is 13.2 Å².